The number of thiophene rings is 1. The van der Waals surface area contributed by atoms with E-state index in [1.807, 2.05) is 0 Å². The molecule has 1 aromatic rings. The zero-order valence-electron chi connectivity index (χ0n) is 11.0. The lowest BCUT2D eigenvalue weighted by Gasteiger charge is -2.18. The van der Waals surface area contributed by atoms with E-state index in [0.29, 0.717) is 0 Å². The number of hydrogen-bond acceptors (Lipinski definition) is 8. The van der Waals surface area contributed by atoms with Crippen molar-refractivity contribution < 1.29 is 18.1 Å². The maximum atomic E-state index is 12.4. The van der Waals surface area contributed by atoms with E-state index in [0.717, 1.165) is 17.4 Å². The van der Waals surface area contributed by atoms with Gasteiger partial charge in [-0.2, -0.15) is 4.31 Å². The molecule has 0 bridgehead atoms. The Balaban J connectivity index is 3.17. The first kappa shape index (κ1) is 16.8. The van der Waals surface area contributed by atoms with Crippen LogP contribution >= 0.6 is 11.3 Å². The number of hydrogen-bond donors (Lipinski definition) is 2. The van der Waals surface area contributed by atoms with Gasteiger partial charge in [0, 0.05) is 26.3 Å². The van der Waals surface area contributed by atoms with Crippen LogP contribution in [0.4, 0.5) is 10.7 Å². The predicted octanol–water partition coefficient (Wildman–Crippen LogP) is 0.599. The van der Waals surface area contributed by atoms with Gasteiger partial charge in [0.15, 0.2) is 5.00 Å². The second kappa shape index (κ2) is 6.95. The van der Waals surface area contributed by atoms with Crippen molar-refractivity contribution in [2.75, 3.05) is 32.2 Å². The Bertz CT molecular complexity index is 571. The maximum absolute atomic E-state index is 12.4. The van der Waals surface area contributed by atoms with Gasteiger partial charge in [-0.05, 0) is 0 Å². The summed E-state index contributed by atoms with van der Waals surface area (Å²) >= 11 is 0.724. The van der Waals surface area contributed by atoms with Crippen LogP contribution in [-0.2, 0) is 14.8 Å². The molecule has 0 fully saturated rings. The van der Waals surface area contributed by atoms with E-state index in [2.05, 4.69) is 5.43 Å². The Hall–Kier alpha value is -1.27. The fourth-order valence-electron chi connectivity index (χ4n) is 1.49. The lowest BCUT2D eigenvalue weighted by atomic mass is 10.5. The molecule has 0 saturated carbocycles. The number of nitrogens with zero attached hydrogens (tertiary/aromatic N) is 2. The number of methoxy groups -OCH3 is 1. The smallest absolute Gasteiger partial charge is 0.306 e. The average molecular weight is 324 g/mol. The molecule has 11 heteroatoms. The summed E-state index contributed by atoms with van der Waals surface area (Å²) in [5, 5.41) is 10.8. The highest BCUT2D eigenvalue weighted by molar-refractivity contribution is 7.91. The number of anilines is 1. The molecule has 0 saturated heterocycles. The molecule has 1 heterocycles. The number of nitrogen functional groups attached to an aromatic ring is 1. The van der Waals surface area contributed by atoms with Crippen molar-refractivity contribution in [3.8, 4) is 0 Å². The van der Waals surface area contributed by atoms with Crippen LogP contribution in [0.5, 0.6) is 0 Å². The van der Waals surface area contributed by atoms with Crippen LogP contribution in [0.25, 0.3) is 0 Å². The summed E-state index contributed by atoms with van der Waals surface area (Å²) in [6, 6.07) is 1.00. The van der Waals surface area contributed by atoms with Gasteiger partial charge < -0.3 is 10.2 Å². The number of likely N-dealkylation sites (N-methyl/N-ethyl adjacent to an activating group) is 1. The van der Waals surface area contributed by atoms with Crippen molar-refractivity contribution in [1.29, 1.82) is 0 Å². The Morgan fingerprint density at radius 3 is 2.65 bits per heavy atom. The van der Waals surface area contributed by atoms with Crippen LogP contribution in [0.15, 0.2) is 10.3 Å². The number of hydrazine groups is 1. The molecule has 0 aromatic carbocycles. The fourth-order valence-corrected chi connectivity index (χ4v) is 4.32. The van der Waals surface area contributed by atoms with E-state index in [9.17, 15) is 18.5 Å². The topological polar surface area (TPSA) is 128 Å². The van der Waals surface area contributed by atoms with Crippen LogP contribution in [0.1, 0.15) is 6.92 Å². The van der Waals surface area contributed by atoms with Crippen LogP contribution in [-0.4, -0.2) is 44.5 Å². The van der Waals surface area contributed by atoms with E-state index >= 15 is 0 Å². The molecule has 0 aliphatic rings. The largest absolute Gasteiger partial charge is 0.383 e. The number of nitro groups is 1. The summed E-state index contributed by atoms with van der Waals surface area (Å²) in [5.41, 5.74) is 1.78. The first-order valence-electron chi connectivity index (χ1n) is 5.62. The third-order valence-electron chi connectivity index (χ3n) is 2.51. The van der Waals surface area contributed by atoms with Gasteiger partial charge >= 0.3 is 5.69 Å². The monoisotopic (exact) mass is 324 g/mol. The van der Waals surface area contributed by atoms with Gasteiger partial charge in [0.05, 0.1) is 11.5 Å². The second-order valence-electron chi connectivity index (χ2n) is 3.67. The zero-order chi connectivity index (χ0) is 15.3. The van der Waals surface area contributed by atoms with Crippen molar-refractivity contribution in [2.24, 2.45) is 5.84 Å². The van der Waals surface area contributed by atoms with E-state index < -0.39 is 14.9 Å². The van der Waals surface area contributed by atoms with Crippen LogP contribution < -0.4 is 11.3 Å². The molecule has 0 aliphatic heterocycles. The van der Waals surface area contributed by atoms with Gasteiger partial charge in [0.1, 0.15) is 4.21 Å². The summed E-state index contributed by atoms with van der Waals surface area (Å²) < 4.78 is 30.6. The van der Waals surface area contributed by atoms with Gasteiger partial charge in [-0.3, -0.25) is 10.1 Å². The molecule has 0 amide bonds. The molecular weight excluding hydrogens is 308 g/mol. The van der Waals surface area contributed by atoms with Crippen LogP contribution in [0.3, 0.4) is 0 Å². The number of rotatable bonds is 8. The lowest BCUT2D eigenvalue weighted by molar-refractivity contribution is -0.383. The van der Waals surface area contributed by atoms with E-state index in [4.69, 9.17) is 10.6 Å². The first-order chi connectivity index (χ1) is 9.38. The molecule has 114 valence electrons. The molecule has 20 heavy (non-hydrogen) atoms. The quantitative estimate of drug-likeness (QED) is 0.407. The van der Waals surface area contributed by atoms with Crippen molar-refractivity contribution in [3.05, 3.63) is 16.2 Å². The Morgan fingerprint density at radius 1 is 1.60 bits per heavy atom. The number of nitrogens with one attached hydrogen (secondary N) is 1. The van der Waals surface area contributed by atoms with Crippen LogP contribution in [0, 0.1) is 10.1 Å². The van der Waals surface area contributed by atoms with Crippen molar-refractivity contribution in [1.82, 2.24) is 4.31 Å². The predicted molar refractivity (Wildman–Crippen MR) is 75.1 cm³/mol. The number of nitrogens with two attached hydrogens (primary N) is 1. The normalized spacial score (nSPS) is 11.8. The molecule has 0 unspecified atom stereocenters. The minimum Gasteiger partial charge on any atom is -0.383 e. The lowest BCUT2D eigenvalue weighted by Crippen LogP contribution is -2.33. The second-order valence-corrected chi connectivity index (χ2v) is 6.89. The SMILES string of the molecule is CCN(CCOC)S(=O)(=O)c1cc([N+](=O)[O-])c(NN)s1. The number of sulfonamides is 1. The van der Waals surface area contributed by atoms with Crippen molar-refractivity contribution >= 4 is 32.0 Å². The summed E-state index contributed by atoms with van der Waals surface area (Å²) in [5.74, 6) is 5.16. The van der Waals surface area contributed by atoms with E-state index in [1.54, 1.807) is 6.92 Å². The highest BCUT2D eigenvalue weighted by Crippen LogP contribution is 2.37. The molecule has 9 nitrogen and oxygen atoms in total. The first-order valence-corrected chi connectivity index (χ1v) is 7.88. The molecule has 1 aromatic heterocycles. The van der Waals surface area contributed by atoms with Gasteiger partial charge in [-0.15, -0.1) is 0 Å². The van der Waals surface area contributed by atoms with Gasteiger partial charge in [-0.1, -0.05) is 18.3 Å². The molecule has 0 radical (unpaired) electrons. The highest BCUT2D eigenvalue weighted by Gasteiger charge is 2.29. The maximum Gasteiger partial charge on any atom is 0.306 e. The minimum atomic E-state index is -3.80. The third-order valence-corrected chi connectivity index (χ3v) is 5.99. The van der Waals surface area contributed by atoms with Crippen molar-refractivity contribution in [2.45, 2.75) is 11.1 Å². The van der Waals surface area contributed by atoms with Gasteiger partial charge in [0.2, 0.25) is 0 Å². The summed E-state index contributed by atoms with van der Waals surface area (Å²) in [7, 11) is -2.33. The Morgan fingerprint density at radius 2 is 2.25 bits per heavy atom. The molecule has 0 spiro atoms. The Kier molecular flexibility index (Phi) is 5.83. The standard InChI is InChI=1S/C9H16N4O5S2/c1-3-12(4-5-18-2)20(16,17)8-6-7(13(14)15)9(11-10)19-8/h6,11H,3-5,10H2,1-2H3. The molecular formula is C9H16N4O5S2. The van der Waals surface area contributed by atoms with Gasteiger partial charge in [0.25, 0.3) is 10.0 Å². The molecule has 0 aliphatic carbocycles. The average Bonchev–Trinajstić information content (AvgIpc) is 2.84. The van der Waals surface area contributed by atoms with Gasteiger partial charge in [-0.25, -0.2) is 14.3 Å². The number of ether oxygens (including phenoxy) is 1. The summed E-state index contributed by atoms with van der Waals surface area (Å²) in [6.45, 7) is 2.33. The highest BCUT2D eigenvalue weighted by atomic mass is 32.2. The Labute approximate surface area is 120 Å². The summed E-state index contributed by atoms with van der Waals surface area (Å²) in [4.78, 5) is 10.1. The van der Waals surface area contributed by atoms with E-state index in [-0.39, 0.29) is 34.6 Å². The summed E-state index contributed by atoms with van der Waals surface area (Å²) in [6.07, 6.45) is 0. The fraction of sp³-hybridized carbons (Fsp3) is 0.556. The third kappa shape index (κ3) is 3.43. The molecule has 1 rings (SSSR count). The zero-order valence-corrected chi connectivity index (χ0v) is 12.7. The molecule has 0 atom stereocenters. The molecule has 3 N–H and O–H groups in total. The van der Waals surface area contributed by atoms with Crippen LogP contribution in [0.2, 0.25) is 0 Å². The van der Waals surface area contributed by atoms with E-state index in [1.165, 1.54) is 11.4 Å². The van der Waals surface area contributed by atoms with Crippen molar-refractivity contribution in [3.63, 3.8) is 0 Å². The minimum absolute atomic E-state index is 0.00336.